The van der Waals surface area contributed by atoms with Gasteiger partial charge in [-0.3, -0.25) is 4.79 Å². The number of anilines is 1. The molecular weight excluding hydrogens is 332 g/mol. The average Bonchev–Trinajstić information content (AvgIpc) is 3.02. The third kappa shape index (κ3) is 4.25. The van der Waals surface area contributed by atoms with E-state index in [0.717, 1.165) is 22.0 Å². The molecule has 0 bridgehead atoms. The van der Waals surface area contributed by atoms with Gasteiger partial charge in [0.1, 0.15) is 12.4 Å². The van der Waals surface area contributed by atoms with Crippen LogP contribution in [0.25, 0.3) is 0 Å². The Balaban J connectivity index is 1.74. The topological polar surface area (TPSA) is 51.2 Å². The largest absolute Gasteiger partial charge is 0.486 e. The summed E-state index contributed by atoms with van der Waals surface area (Å²) in [7, 11) is 0. The van der Waals surface area contributed by atoms with E-state index in [1.807, 2.05) is 56.5 Å². The molecule has 1 aromatic heterocycles. The van der Waals surface area contributed by atoms with Crippen LogP contribution in [0.1, 0.15) is 32.2 Å². The van der Waals surface area contributed by atoms with E-state index >= 15 is 0 Å². The highest BCUT2D eigenvalue weighted by Gasteiger charge is 2.13. The van der Waals surface area contributed by atoms with Crippen molar-refractivity contribution in [2.45, 2.75) is 27.4 Å². The maximum absolute atomic E-state index is 12.6. The van der Waals surface area contributed by atoms with Crippen molar-refractivity contribution in [3.05, 3.63) is 75.2 Å². The number of hydrogen-bond donors (Lipinski definition) is 1. The number of thiazole rings is 1. The lowest BCUT2D eigenvalue weighted by atomic mass is 10.1. The fourth-order valence-corrected chi connectivity index (χ4v) is 3.02. The Morgan fingerprint density at radius 2 is 1.92 bits per heavy atom. The molecule has 0 saturated carbocycles. The number of hydrogen-bond acceptors (Lipinski definition) is 4. The lowest BCUT2D eigenvalue weighted by molar-refractivity contribution is 0.102. The summed E-state index contributed by atoms with van der Waals surface area (Å²) in [5.41, 5.74) is 4.49. The molecule has 5 heteroatoms. The minimum absolute atomic E-state index is 0.187. The summed E-state index contributed by atoms with van der Waals surface area (Å²) in [6.45, 7) is 6.37. The normalized spacial score (nSPS) is 10.5. The number of para-hydroxylation sites is 1. The minimum Gasteiger partial charge on any atom is -0.486 e. The van der Waals surface area contributed by atoms with Crippen LogP contribution in [-0.4, -0.2) is 10.9 Å². The molecule has 0 atom stereocenters. The van der Waals surface area contributed by atoms with E-state index in [-0.39, 0.29) is 5.91 Å². The summed E-state index contributed by atoms with van der Waals surface area (Å²) in [5, 5.41) is 5.90. The second-order valence-electron chi connectivity index (χ2n) is 5.90. The van der Waals surface area contributed by atoms with Crippen molar-refractivity contribution in [2.75, 3.05) is 5.32 Å². The molecule has 4 nitrogen and oxygen atoms in total. The SMILES string of the molecule is Cc1nc(COc2ccccc2C(=O)Nc2ccc(C)c(C)c2)cs1. The monoisotopic (exact) mass is 352 g/mol. The number of amides is 1. The predicted molar refractivity (Wildman–Crippen MR) is 101 cm³/mol. The summed E-state index contributed by atoms with van der Waals surface area (Å²) in [6, 6.07) is 13.1. The molecule has 25 heavy (non-hydrogen) atoms. The molecule has 0 fully saturated rings. The van der Waals surface area contributed by atoms with Gasteiger partial charge in [-0.2, -0.15) is 0 Å². The van der Waals surface area contributed by atoms with Crippen LogP contribution < -0.4 is 10.1 Å². The average molecular weight is 352 g/mol. The van der Waals surface area contributed by atoms with Gasteiger partial charge >= 0.3 is 0 Å². The molecule has 1 N–H and O–H groups in total. The van der Waals surface area contributed by atoms with Crippen LogP contribution in [0.2, 0.25) is 0 Å². The molecule has 0 spiro atoms. The molecule has 1 amide bonds. The van der Waals surface area contributed by atoms with Gasteiger partial charge in [-0.25, -0.2) is 4.98 Å². The van der Waals surface area contributed by atoms with Crippen LogP contribution in [0, 0.1) is 20.8 Å². The lowest BCUT2D eigenvalue weighted by Crippen LogP contribution is -2.14. The van der Waals surface area contributed by atoms with Crippen molar-refractivity contribution < 1.29 is 9.53 Å². The first kappa shape index (κ1) is 17.2. The Kier molecular flexibility index (Phi) is 5.14. The zero-order valence-corrected chi connectivity index (χ0v) is 15.3. The number of carbonyl (C=O) groups excluding carboxylic acids is 1. The number of ether oxygens (including phenoxy) is 1. The van der Waals surface area contributed by atoms with Crippen LogP contribution in [0.5, 0.6) is 5.75 Å². The molecule has 3 aromatic rings. The van der Waals surface area contributed by atoms with Gasteiger partial charge in [0, 0.05) is 11.1 Å². The van der Waals surface area contributed by atoms with Gasteiger partial charge in [-0.15, -0.1) is 11.3 Å². The van der Waals surface area contributed by atoms with Crippen molar-refractivity contribution in [1.29, 1.82) is 0 Å². The van der Waals surface area contributed by atoms with Gasteiger partial charge in [0.2, 0.25) is 0 Å². The van der Waals surface area contributed by atoms with Crippen molar-refractivity contribution in [1.82, 2.24) is 4.98 Å². The highest BCUT2D eigenvalue weighted by Crippen LogP contribution is 2.22. The second-order valence-corrected chi connectivity index (χ2v) is 6.96. The van der Waals surface area contributed by atoms with Crippen molar-refractivity contribution in [3.8, 4) is 5.75 Å². The highest BCUT2D eigenvalue weighted by atomic mass is 32.1. The van der Waals surface area contributed by atoms with Gasteiger partial charge in [0.05, 0.1) is 16.3 Å². The van der Waals surface area contributed by atoms with E-state index in [9.17, 15) is 4.79 Å². The highest BCUT2D eigenvalue weighted by molar-refractivity contribution is 7.09. The van der Waals surface area contributed by atoms with Gasteiger partial charge in [-0.05, 0) is 56.2 Å². The maximum Gasteiger partial charge on any atom is 0.259 e. The van der Waals surface area contributed by atoms with Gasteiger partial charge < -0.3 is 10.1 Å². The first-order chi connectivity index (χ1) is 12.0. The Bertz CT molecular complexity index is 902. The zero-order valence-electron chi connectivity index (χ0n) is 14.5. The summed E-state index contributed by atoms with van der Waals surface area (Å²) in [6.07, 6.45) is 0. The van der Waals surface area contributed by atoms with Crippen LogP contribution in [-0.2, 0) is 6.61 Å². The maximum atomic E-state index is 12.6. The van der Waals surface area contributed by atoms with Gasteiger partial charge in [-0.1, -0.05) is 18.2 Å². The van der Waals surface area contributed by atoms with Gasteiger partial charge in [0.15, 0.2) is 0 Å². The molecule has 3 rings (SSSR count). The molecular formula is C20H20N2O2S. The number of aryl methyl sites for hydroxylation is 3. The smallest absolute Gasteiger partial charge is 0.259 e. The Morgan fingerprint density at radius 3 is 2.64 bits per heavy atom. The number of aromatic nitrogens is 1. The van der Waals surface area contributed by atoms with E-state index in [1.54, 1.807) is 23.5 Å². The second kappa shape index (κ2) is 7.49. The first-order valence-corrected chi connectivity index (χ1v) is 8.92. The minimum atomic E-state index is -0.187. The Labute approximate surface area is 151 Å². The van der Waals surface area contributed by atoms with Crippen molar-refractivity contribution in [2.24, 2.45) is 0 Å². The lowest BCUT2D eigenvalue weighted by Gasteiger charge is -2.12. The van der Waals surface area contributed by atoms with Crippen LogP contribution in [0.4, 0.5) is 5.69 Å². The quantitative estimate of drug-likeness (QED) is 0.710. The number of rotatable bonds is 5. The molecule has 1 heterocycles. The van der Waals surface area contributed by atoms with Crippen LogP contribution >= 0.6 is 11.3 Å². The van der Waals surface area contributed by atoms with Crippen molar-refractivity contribution in [3.63, 3.8) is 0 Å². The van der Waals surface area contributed by atoms with Crippen LogP contribution in [0.15, 0.2) is 47.8 Å². The summed E-state index contributed by atoms with van der Waals surface area (Å²) < 4.78 is 5.82. The number of nitrogens with one attached hydrogen (secondary N) is 1. The third-order valence-corrected chi connectivity index (χ3v) is 4.76. The molecule has 0 radical (unpaired) electrons. The zero-order chi connectivity index (χ0) is 17.8. The third-order valence-electron chi connectivity index (χ3n) is 3.94. The Morgan fingerprint density at radius 1 is 1.12 bits per heavy atom. The van der Waals surface area contributed by atoms with Gasteiger partial charge in [0.25, 0.3) is 5.91 Å². The fraction of sp³-hybridized carbons (Fsp3) is 0.200. The molecule has 0 saturated heterocycles. The predicted octanol–water partition coefficient (Wildman–Crippen LogP) is 4.90. The van der Waals surface area contributed by atoms with E-state index in [1.165, 1.54) is 5.56 Å². The number of carbonyl (C=O) groups is 1. The molecule has 0 aliphatic carbocycles. The van der Waals surface area contributed by atoms with E-state index < -0.39 is 0 Å². The van der Waals surface area contributed by atoms with E-state index in [2.05, 4.69) is 10.3 Å². The van der Waals surface area contributed by atoms with Crippen molar-refractivity contribution >= 4 is 22.9 Å². The number of benzene rings is 2. The standard InChI is InChI=1S/C20H20N2O2S/c1-13-8-9-16(10-14(13)2)22-20(23)18-6-4-5-7-19(18)24-11-17-12-25-15(3)21-17/h4-10,12H,11H2,1-3H3,(H,22,23). The Hall–Kier alpha value is -2.66. The van der Waals surface area contributed by atoms with E-state index in [4.69, 9.17) is 4.74 Å². The summed E-state index contributed by atoms with van der Waals surface area (Å²) >= 11 is 1.58. The first-order valence-electron chi connectivity index (χ1n) is 8.04. The van der Waals surface area contributed by atoms with E-state index in [0.29, 0.717) is 17.9 Å². The molecule has 2 aromatic carbocycles. The molecule has 0 aliphatic rings. The van der Waals surface area contributed by atoms with Crippen LogP contribution in [0.3, 0.4) is 0 Å². The molecule has 128 valence electrons. The summed E-state index contributed by atoms with van der Waals surface area (Å²) in [4.78, 5) is 17.0. The molecule has 0 unspecified atom stereocenters. The number of nitrogens with zero attached hydrogens (tertiary/aromatic N) is 1. The fourth-order valence-electron chi connectivity index (χ4n) is 2.42. The summed E-state index contributed by atoms with van der Waals surface area (Å²) in [5.74, 6) is 0.364. The molecule has 0 aliphatic heterocycles.